The fourth-order valence-electron chi connectivity index (χ4n) is 5.20. The quantitative estimate of drug-likeness (QED) is 0.607. The number of halogens is 1. The lowest BCUT2D eigenvalue weighted by Crippen LogP contribution is -2.48. The van der Waals surface area contributed by atoms with Crippen LogP contribution >= 0.6 is 11.6 Å². The monoisotopic (exact) mass is 400 g/mol. The summed E-state index contributed by atoms with van der Waals surface area (Å²) >= 11 is 6.70. The van der Waals surface area contributed by atoms with Crippen molar-refractivity contribution in [1.29, 1.82) is 0 Å². The summed E-state index contributed by atoms with van der Waals surface area (Å²) in [5, 5.41) is 15.9. The van der Waals surface area contributed by atoms with E-state index in [0.717, 1.165) is 65.7 Å². The van der Waals surface area contributed by atoms with Gasteiger partial charge in [-0.3, -0.25) is 0 Å². The van der Waals surface area contributed by atoms with Gasteiger partial charge in [-0.25, -0.2) is 0 Å². The number of benzene rings is 1. The highest BCUT2D eigenvalue weighted by molar-refractivity contribution is 6.34. The zero-order valence-corrected chi connectivity index (χ0v) is 17.1. The molecule has 28 heavy (non-hydrogen) atoms. The minimum absolute atomic E-state index is 0.130. The minimum atomic E-state index is -0.130. The number of rotatable bonds is 3. The van der Waals surface area contributed by atoms with E-state index in [0.29, 0.717) is 6.04 Å². The number of anilines is 1. The van der Waals surface area contributed by atoms with E-state index >= 15 is 0 Å². The number of nitrogens with one attached hydrogen (secondary N) is 4. The van der Waals surface area contributed by atoms with Gasteiger partial charge in [0.05, 0.1) is 28.6 Å². The average Bonchev–Trinajstić information content (AvgIpc) is 3.10. The first kappa shape index (κ1) is 18.3. The predicted molar refractivity (Wildman–Crippen MR) is 115 cm³/mol. The van der Waals surface area contributed by atoms with E-state index in [4.69, 9.17) is 16.0 Å². The van der Waals surface area contributed by atoms with Crippen molar-refractivity contribution in [2.24, 2.45) is 0 Å². The van der Waals surface area contributed by atoms with Crippen molar-refractivity contribution in [3.63, 3.8) is 0 Å². The van der Waals surface area contributed by atoms with Crippen molar-refractivity contribution in [2.75, 3.05) is 18.4 Å². The lowest BCUT2D eigenvalue weighted by Gasteiger charge is -2.44. The molecule has 1 aromatic heterocycles. The Labute approximate surface area is 171 Å². The van der Waals surface area contributed by atoms with Crippen LogP contribution in [0.5, 0.6) is 0 Å². The summed E-state index contributed by atoms with van der Waals surface area (Å²) in [6, 6.07) is 4.67. The Hall–Kier alpha value is -1.69. The highest BCUT2D eigenvalue weighted by atomic mass is 35.5. The fourth-order valence-corrected chi connectivity index (χ4v) is 5.46. The molecule has 2 fully saturated rings. The first-order valence-corrected chi connectivity index (χ1v) is 11.0. The van der Waals surface area contributed by atoms with Crippen LogP contribution in [-0.4, -0.2) is 19.1 Å². The Balaban J connectivity index is 1.52. The summed E-state index contributed by atoms with van der Waals surface area (Å²) in [5.74, 6) is 1.80. The van der Waals surface area contributed by atoms with Crippen molar-refractivity contribution in [2.45, 2.75) is 63.1 Å². The van der Waals surface area contributed by atoms with Gasteiger partial charge >= 0.3 is 0 Å². The highest BCUT2D eigenvalue weighted by Crippen LogP contribution is 2.49. The van der Waals surface area contributed by atoms with E-state index in [-0.39, 0.29) is 5.54 Å². The first-order valence-electron chi connectivity index (χ1n) is 10.6. The molecule has 1 atom stereocenters. The van der Waals surface area contributed by atoms with Gasteiger partial charge in [-0.15, -0.1) is 0 Å². The second-order valence-electron chi connectivity index (χ2n) is 8.53. The van der Waals surface area contributed by atoms with Gasteiger partial charge in [0, 0.05) is 23.5 Å². The predicted octanol–water partition coefficient (Wildman–Crippen LogP) is 4.57. The summed E-state index contributed by atoms with van der Waals surface area (Å²) in [6.45, 7) is 7.04. The van der Waals surface area contributed by atoms with Gasteiger partial charge in [0.2, 0.25) is 0 Å². The molecule has 1 saturated heterocycles. The van der Waals surface area contributed by atoms with Gasteiger partial charge in [-0.1, -0.05) is 37.4 Å². The van der Waals surface area contributed by atoms with Crippen LogP contribution in [0, 0.1) is 0 Å². The third kappa shape index (κ3) is 3.19. The topological polar surface area (TPSA) is 61.3 Å². The molecule has 4 N–H and O–H groups in total. The Morgan fingerprint density at radius 3 is 2.86 bits per heavy atom. The van der Waals surface area contributed by atoms with Crippen molar-refractivity contribution >= 4 is 28.3 Å². The smallest absolute Gasteiger partial charge is 0.142 e. The van der Waals surface area contributed by atoms with Crippen molar-refractivity contribution < 1.29 is 4.42 Å². The van der Waals surface area contributed by atoms with Gasteiger partial charge in [-0.05, 0) is 44.4 Å². The second kappa shape index (κ2) is 7.29. The zero-order valence-electron chi connectivity index (χ0n) is 16.3. The molecule has 3 heterocycles. The Morgan fingerprint density at radius 1 is 1.21 bits per heavy atom. The molecule has 1 saturated carbocycles. The Bertz CT molecular complexity index is 894. The third-order valence-electron chi connectivity index (χ3n) is 6.52. The molecule has 1 aliphatic carbocycles. The van der Waals surface area contributed by atoms with Crippen LogP contribution in [-0.2, 0) is 12.1 Å². The molecule has 0 bridgehead atoms. The SMILES string of the molecule is C=C1Nc2c(Cl)cc3cc(CNC4CCCNC4)oc3c2C2(CCCCC2)N1. The summed E-state index contributed by atoms with van der Waals surface area (Å²) < 4.78 is 6.42. The van der Waals surface area contributed by atoms with Crippen LogP contribution in [0.3, 0.4) is 0 Å². The van der Waals surface area contributed by atoms with Crippen LogP contribution in [0.15, 0.2) is 28.9 Å². The Morgan fingerprint density at radius 2 is 2.07 bits per heavy atom. The summed E-state index contributed by atoms with van der Waals surface area (Å²) in [4.78, 5) is 0. The van der Waals surface area contributed by atoms with Crippen molar-refractivity contribution in [1.82, 2.24) is 16.0 Å². The van der Waals surface area contributed by atoms with Crippen LogP contribution in [0.1, 0.15) is 56.3 Å². The van der Waals surface area contributed by atoms with Gasteiger partial charge in [0.15, 0.2) is 0 Å². The third-order valence-corrected chi connectivity index (χ3v) is 6.82. The Kier molecular flexibility index (Phi) is 4.77. The number of fused-ring (bicyclic) bond motifs is 4. The molecule has 150 valence electrons. The largest absolute Gasteiger partial charge is 0.459 e. The van der Waals surface area contributed by atoms with Gasteiger partial charge in [0.1, 0.15) is 11.3 Å². The van der Waals surface area contributed by atoms with Crippen LogP contribution in [0.4, 0.5) is 5.69 Å². The number of piperidine rings is 1. The normalized spacial score (nSPS) is 24.0. The van der Waals surface area contributed by atoms with E-state index in [1.165, 1.54) is 37.7 Å². The average molecular weight is 401 g/mol. The second-order valence-corrected chi connectivity index (χ2v) is 8.94. The van der Waals surface area contributed by atoms with Gasteiger partial charge in [0.25, 0.3) is 0 Å². The minimum Gasteiger partial charge on any atom is -0.459 e. The van der Waals surface area contributed by atoms with E-state index < -0.39 is 0 Å². The first-order chi connectivity index (χ1) is 13.6. The lowest BCUT2D eigenvalue weighted by molar-refractivity contribution is 0.250. The van der Waals surface area contributed by atoms with E-state index in [2.05, 4.69) is 33.9 Å². The molecular weight excluding hydrogens is 372 g/mol. The molecule has 0 radical (unpaired) electrons. The highest BCUT2D eigenvalue weighted by Gasteiger charge is 2.42. The van der Waals surface area contributed by atoms with Crippen molar-refractivity contribution in [3.05, 3.63) is 40.9 Å². The number of furan rings is 1. The van der Waals surface area contributed by atoms with Gasteiger partial charge in [-0.2, -0.15) is 0 Å². The maximum absolute atomic E-state index is 6.70. The van der Waals surface area contributed by atoms with Crippen molar-refractivity contribution in [3.8, 4) is 0 Å². The van der Waals surface area contributed by atoms with E-state index in [1.54, 1.807) is 0 Å². The molecule has 5 rings (SSSR count). The summed E-state index contributed by atoms with van der Waals surface area (Å²) in [5.41, 5.74) is 2.99. The zero-order chi connectivity index (χ0) is 19.1. The molecule has 2 aliphatic heterocycles. The number of hydrogen-bond acceptors (Lipinski definition) is 5. The lowest BCUT2D eigenvalue weighted by atomic mass is 9.74. The summed E-state index contributed by atoms with van der Waals surface area (Å²) in [6.07, 6.45) is 8.30. The van der Waals surface area contributed by atoms with Crippen LogP contribution in [0.2, 0.25) is 5.02 Å². The molecule has 5 nitrogen and oxygen atoms in total. The molecule has 2 aromatic rings. The molecule has 1 unspecified atom stereocenters. The standard InChI is InChI=1S/C22H29ClN4O/c1-14-26-20-18(23)11-15-10-17(13-25-16-6-5-9-24-12-16)28-21(15)19(20)22(27-14)7-3-2-4-8-22/h10-11,16,24-27H,1-9,12-13H2. The maximum atomic E-state index is 6.70. The number of hydrogen-bond donors (Lipinski definition) is 4. The molecule has 3 aliphatic rings. The molecule has 0 amide bonds. The molecule has 1 spiro atoms. The fraction of sp³-hybridized carbons (Fsp3) is 0.545. The molecule has 6 heteroatoms. The maximum Gasteiger partial charge on any atom is 0.142 e. The van der Waals surface area contributed by atoms with Crippen LogP contribution in [0.25, 0.3) is 11.0 Å². The van der Waals surface area contributed by atoms with E-state index in [1.807, 2.05) is 6.07 Å². The molecule has 1 aromatic carbocycles. The van der Waals surface area contributed by atoms with Crippen LogP contribution < -0.4 is 21.3 Å². The van der Waals surface area contributed by atoms with Gasteiger partial charge < -0.3 is 25.7 Å². The van der Waals surface area contributed by atoms with E-state index in [9.17, 15) is 0 Å². The molecular formula is C22H29ClN4O. The summed E-state index contributed by atoms with van der Waals surface area (Å²) in [7, 11) is 0.